The summed E-state index contributed by atoms with van der Waals surface area (Å²) in [7, 11) is -3.14. The van der Waals surface area contributed by atoms with Gasteiger partial charge in [0.05, 0.1) is 10.3 Å². The number of sulfonamides is 1. The van der Waals surface area contributed by atoms with Gasteiger partial charge < -0.3 is 4.74 Å². The van der Waals surface area contributed by atoms with E-state index in [1.807, 2.05) is 0 Å². The van der Waals surface area contributed by atoms with Gasteiger partial charge in [-0.3, -0.25) is 0 Å². The molecule has 3 rings (SSSR count). The maximum absolute atomic E-state index is 12.7. The predicted molar refractivity (Wildman–Crippen MR) is 90.3 cm³/mol. The molecule has 1 aliphatic carbocycles. The Morgan fingerprint density at radius 1 is 1.09 bits per heavy atom. The third-order valence-electron chi connectivity index (χ3n) is 4.72. The van der Waals surface area contributed by atoms with Crippen LogP contribution in [-0.2, 0) is 10.0 Å². The maximum atomic E-state index is 12.7. The van der Waals surface area contributed by atoms with Gasteiger partial charge in [-0.05, 0) is 31.7 Å². The normalized spacial score (nSPS) is 22.1. The molecule has 1 aliphatic heterocycles. The van der Waals surface area contributed by atoms with Gasteiger partial charge in [0.1, 0.15) is 6.10 Å². The molecule has 128 valence electrons. The Hall–Kier alpha value is -0.850. The molecular weight excluding hydrogens is 336 g/mol. The highest BCUT2D eigenvalue weighted by Gasteiger charge is 2.35. The topological polar surface area (TPSA) is 59.5 Å². The van der Waals surface area contributed by atoms with Crippen molar-refractivity contribution in [2.75, 3.05) is 13.1 Å². The molecule has 0 amide bonds. The molecule has 1 aromatic rings. The molecule has 2 aliphatic rings. The van der Waals surface area contributed by atoms with Crippen LogP contribution >= 0.6 is 11.6 Å². The van der Waals surface area contributed by atoms with Crippen LogP contribution in [0.15, 0.2) is 18.3 Å². The van der Waals surface area contributed by atoms with Crippen molar-refractivity contribution in [3.05, 3.63) is 23.4 Å². The number of pyridine rings is 1. The van der Waals surface area contributed by atoms with Gasteiger partial charge in [-0.25, -0.2) is 17.7 Å². The Bertz CT molecular complexity index is 607. The Morgan fingerprint density at radius 2 is 1.78 bits per heavy atom. The summed E-state index contributed by atoms with van der Waals surface area (Å²) in [5.41, 5.74) is 0. The third-order valence-corrected chi connectivity index (χ3v) is 7.34. The largest absolute Gasteiger partial charge is 0.474 e. The molecular formula is C16H23ClN2O3S. The van der Waals surface area contributed by atoms with Crippen LogP contribution in [0.2, 0.25) is 5.02 Å². The summed E-state index contributed by atoms with van der Waals surface area (Å²) in [6.45, 7) is 1.08. The zero-order valence-corrected chi connectivity index (χ0v) is 14.7. The van der Waals surface area contributed by atoms with Crippen molar-refractivity contribution in [3.63, 3.8) is 0 Å². The highest BCUT2D eigenvalue weighted by molar-refractivity contribution is 7.89. The molecule has 1 saturated heterocycles. The number of ether oxygens (including phenoxy) is 1. The highest BCUT2D eigenvalue weighted by atomic mass is 35.5. The van der Waals surface area contributed by atoms with Gasteiger partial charge in [0.2, 0.25) is 15.9 Å². The molecule has 23 heavy (non-hydrogen) atoms. The van der Waals surface area contributed by atoms with E-state index in [4.69, 9.17) is 16.3 Å². The van der Waals surface area contributed by atoms with Crippen LogP contribution in [0, 0.1) is 0 Å². The van der Waals surface area contributed by atoms with E-state index in [0.29, 0.717) is 36.8 Å². The number of rotatable bonds is 4. The first-order chi connectivity index (χ1) is 11.1. The van der Waals surface area contributed by atoms with Crippen LogP contribution in [-0.4, -0.2) is 42.2 Å². The van der Waals surface area contributed by atoms with Crippen LogP contribution in [0.1, 0.15) is 44.9 Å². The molecule has 0 aromatic carbocycles. The molecule has 2 fully saturated rings. The molecule has 0 unspecified atom stereocenters. The molecule has 0 N–H and O–H groups in total. The number of hydrogen-bond acceptors (Lipinski definition) is 4. The molecule has 1 saturated carbocycles. The Morgan fingerprint density at radius 3 is 2.39 bits per heavy atom. The predicted octanol–water partition coefficient (Wildman–Crippen LogP) is 3.24. The molecule has 5 nitrogen and oxygen atoms in total. The highest BCUT2D eigenvalue weighted by Crippen LogP contribution is 2.28. The first-order valence-electron chi connectivity index (χ1n) is 8.33. The van der Waals surface area contributed by atoms with Crippen LogP contribution in [0.5, 0.6) is 5.88 Å². The van der Waals surface area contributed by atoms with Gasteiger partial charge in [-0.15, -0.1) is 0 Å². The summed E-state index contributed by atoms with van der Waals surface area (Å²) in [6, 6.07) is 3.49. The van der Waals surface area contributed by atoms with Gasteiger partial charge in [0, 0.05) is 25.4 Å². The van der Waals surface area contributed by atoms with Crippen molar-refractivity contribution < 1.29 is 13.2 Å². The third kappa shape index (κ3) is 4.17. The SMILES string of the molecule is O=S(=O)(C1CCCCC1)N1CCC(Oc2ccc(Cl)cn2)CC1. The Labute approximate surface area is 143 Å². The molecule has 7 heteroatoms. The summed E-state index contributed by atoms with van der Waals surface area (Å²) in [5, 5.41) is 0.400. The van der Waals surface area contributed by atoms with E-state index in [1.54, 1.807) is 22.6 Å². The molecule has 2 heterocycles. The van der Waals surface area contributed by atoms with E-state index in [1.165, 1.54) is 0 Å². The van der Waals surface area contributed by atoms with Crippen LogP contribution in [0.3, 0.4) is 0 Å². The minimum Gasteiger partial charge on any atom is -0.474 e. The lowest BCUT2D eigenvalue weighted by Crippen LogP contribution is -2.46. The summed E-state index contributed by atoms with van der Waals surface area (Å²) in [6.07, 6.45) is 7.84. The first kappa shape index (κ1) is 17.0. The van der Waals surface area contributed by atoms with E-state index in [0.717, 1.165) is 32.1 Å². The monoisotopic (exact) mass is 358 g/mol. The fourth-order valence-corrected chi connectivity index (χ4v) is 5.56. The summed E-state index contributed by atoms with van der Waals surface area (Å²) < 4.78 is 32.9. The Kier molecular flexibility index (Phi) is 5.44. The van der Waals surface area contributed by atoms with Gasteiger partial charge in [-0.1, -0.05) is 30.9 Å². The van der Waals surface area contributed by atoms with E-state index in [9.17, 15) is 8.42 Å². The lowest BCUT2D eigenvalue weighted by Gasteiger charge is -2.34. The molecule has 0 spiro atoms. The summed E-state index contributed by atoms with van der Waals surface area (Å²) >= 11 is 5.81. The molecule has 0 bridgehead atoms. The van der Waals surface area contributed by atoms with Gasteiger partial charge >= 0.3 is 0 Å². The van der Waals surface area contributed by atoms with Crippen LogP contribution in [0.25, 0.3) is 0 Å². The van der Waals surface area contributed by atoms with Crippen LogP contribution in [0.4, 0.5) is 0 Å². The molecule has 0 radical (unpaired) electrons. The number of nitrogens with zero attached hydrogens (tertiary/aromatic N) is 2. The van der Waals surface area contributed by atoms with Crippen molar-refractivity contribution in [3.8, 4) is 5.88 Å². The summed E-state index contributed by atoms with van der Waals surface area (Å²) in [5.74, 6) is 0.544. The molecule has 1 aromatic heterocycles. The second-order valence-corrected chi connectivity index (χ2v) is 8.99. The lowest BCUT2D eigenvalue weighted by atomic mass is 10.0. The quantitative estimate of drug-likeness (QED) is 0.829. The van der Waals surface area contributed by atoms with E-state index >= 15 is 0 Å². The average molecular weight is 359 g/mol. The lowest BCUT2D eigenvalue weighted by molar-refractivity contribution is 0.129. The standard InChI is InChI=1S/C16H23ClN2O3S/c17-13-6-7-16(18-12-13)22-14-8-10-19(11-9-14)23(20,21)15-4-2-1-3-5-15/h6-7,12,14-15H,1-5,8-11H2. The van der Waals surface area contributed by atoms with Gasteiger partial charge in [0.25, 0.3) is 0 Å². The Balaban J connectivity index is 1.54. The van der Waals surface area contributed by atoms with Gasteiger partial charge in [-0.2, -0.15) is 0 Å². The first-order valence-corrected chi connectivity index (χ1v) is 10.2. The fraction of sp³-hybridized carbons (Fsp3) is 0.688. The van der Waals surface area contributed by atoms with E-state index in [-0.39, 0.29) is 11.4 Å². The second kappa shape index (κ2) is 7.36. The molecule has 0 atom stereocenters. The summed E-state index contributed by atoms with van der Waals surface area (Å²) in [4.78, 5) is 4.13. The maximum Gasteiger partial charge on any atom is 0.216 e. The smallest absolute Gasteiger partial charge is 0.216 e. The number of aromatic nitrogens is 1. The zero-order valence-electron chi connectivity index (χ0n) is 13.2. The average Bonchev–Trinajstić information content (AvgIpc) is 2.58. The van der Waals surface area contributed by atoms with Crippen molar-refractivity contribution in [1.29, 1.82) is 0 Å². The van der Waals surface area contributed by atoms with Gasteiger partial charge in [0.15, 0.2) is 0 Å². The van der Waals surface area contributed by atoms with Crippen molar-refractivity contribution >= 4 is 21.6 Å². The van der Waals surface area contributed by atoms with Crippen molar-refractivity contribution in [2.24, 2.45) is 0 Å². The number of hydrogen-bond donors (Lipinski definition) is 0. The van der Waals surface area contributed by atoms with E-state index < -0.39 is 10.0 Å². The minimum atomic E-state index is -3.14. The van der Waals surface area contributed by atoms with E-state index in [2.05, 4.69) is 4.98 Å². The number of piperidine rings is 1. The van der Waals surface area contributed by atoms with Crippen LogP contribution < -0.4 is 4.74 Å². The van der Waals surface area contributed by atoms with Crippen molar-refractivity contribution in [1.82, 2.24) is 9.29 Å². The minimum absolute atomic E-state index is 0.0153. The fourth-order valence-electron chi connectivity index (χ4n) is 3.38. The van der Waals surface area contributed by atoms with Crippen molar-refractivity contribution in [2.45, 2.75) is 56.3 Å². The number of halogens is 1. The zero-order chi connectivity index (χ0) is 16.3. The second-order valence-electron chi connectivity index (χ2n) is 6.34.